The minimum atomic E-state index is -1.19. The van der Waals surface area contributed by atoms with Crippen LogP contribution >= 0.6 is 11.6 Å². The number of primary amides is 1. The molecule has 206 valence electrons. The first-order valence-corrected chi connectivity index (χ1v) is 13.3. The highest BCUT2D eigenvalue weighted by Crippen LogP contribution is 2.46. The number of carbonyl (C=O) groups excluding carboxylic acids is 2. The van der Waals surface area contributed by atoms with Crippen molar-refractivity contribution in [2.75, 3.05) is 42.5 Å². The fourth-order valence-corrected chi connectivity index (χ4v) is 5.52. The maximum Gasteiger partial charge on any atom is 0.398 e. The number of nitrogens with zero attached hydrogens (tertiary/aromatic N) is 6. The molecule has 3 fully saturated rings. The van der Waals surface area contributed by atoms with Gasteiger partial charge in [-0.15, -0.1) is 0 Å². The van der Waals surface area contributed by atoms with Gasteiger partial charge in [0, 0.05) is 56.8 Å². The fraction of sp³-hybridized carbons (Fsp3) is 0.640. The molecule has 4 heterocycles. The highest BCUT2D eigenvalue weighted by Gasteiger charge is 2.47. The van der Waals surface area contributed by atoms with E-state index in [1.165, 1.54) is 0 Å². The average molecular weight is 550 g/mol. The Morgan fingerprint density at radius 1 is 1.26 bits per heavy atom. The molecule has 11 nitrogen and oxygen atoms in total. The summed E-state index contributed by atoms with van der Waals surface area (Å²) in [5.74, 6) is -1.33. The number of pyridine rings is 1. The van der Waals surface area contributed by atoms with E-state index in [2.05, 4.69) is 38.8 Å². The summed E-state index contributed by atoms with van der Waals surface area (Å²) >= 11 is 6.75. The molecule has 4 atom stereocenters. The van der Waals surface area contributed by atoms with Crippen molar-refractivity contribution >= 4 is 35.0 Å². The Labute approximate surface area is 225 Å². The number of aromatic nitrogens is 3. The number of hydrogen-bond acceptors (Lipinski definition) is 10. The summed E-state index contributed by atoms with van der Waals surface area (Å²) in [6.07, 6.45) is 0.968. The van der Waals surface area contributed by atoms with Crippen molar-refractivity contribution < 1.29 is 23.2 Å². The van der Waals surface area contributed by atoms with Crippen LogP contribution in [0.5, 0.6) is 0 Å². The second-order valence-electron chi connectivity index (χ2n) is 10.8. The van der Waals surface area contributed by atoms with Gasteiger partial charge in [0.1, 0.15) is 11.9 Å². The molecule has 13 heteroatoms. The molecule has 2 aromatic heterocycles. The average Bonchev–Trinajstić information content (AvgIpc) is 3.40. The molecular formula is C25H33ClFN7O4. The van der Waals surface area contributed by atoms with E-state index in [0.29, 0.717) is 47.8 Å². The quantitative estimate of drug-likeness (QED) is 0.423. The first kappa shape index (κ1) is 26.6. The van der Waals surface area contributed by atoms with Crippen LogP contribution < -0.4 is 15.5 Å². The van der Waals surface area contributed by atoms with Gasteiger partial charge in [0.2, 0.25) is 5.89 Å². The third-order valence-corrected chi connectivity index (χ3v) is 8.12. The molecule has 2 saturated heterocycles. The van der Waals surface area contributed by atoms with E-state index >= 15 is 0 Å². The van der Waals surface area contributed by atoms with Gasteiger partial charge in [-0.2, -0.15) is 4.98 Å². The molecule has 0 bridgehead atoms. The van der Waals surface area contributed by atoms with Gasteiger partial charge in [-0.05, 0) is 32.8 Å². The molecule has 38 heavy (non-hydrogen) atoms. The monoisotopic (exact) mass is 549 g/mol. The van der Waals surface area contributed by atoms with Gasteiger partial charge in [0.25, 0.3) is 0 Å². The summed E-state index contributed by atoms with van der Waals surface area (Å²) in [5.41, 5.74) is 5.19. The first-order valence-electron chi connectivity index (χ1n) is 13.0. The van der Waals surface area contributed by atoms with Crippen LogP contribution in [0.3, 0.4) is 0 Å². The molecule has 1 amide bonds. The Morgan fingerprint density at radius 3 is 2.61 bits per heavy atom. The zero-order chi connectivity index (χ0) is 27.2. The predicted molar refractivity (Wildman–Crippen MR) is 138 cm³/mol. The second-order valence-corrected chi connectivity index (χ2v) is 11.2. The third kappa shape index (κ3) is 5.15. The zero-order valence-corrected chi connectivity index (χ0v) is 22.5. The molecule has 2 unspecified atom stereocenters. The standard InChI is InChI=1S/C25H33ClFN7O4/c1-14(2)32-8-10-33(11-9-32)21-19(16(26)4-6-29-21)34-7-5-25(3,13-18(34)37-23(36)20(28)35)24-30-22(38-31-24)15-12-17(15)27/h4,6,14-15,17-18H,5,7-13H2,1-3H3,(H2,28,35)/t15-,17+,18?,25?/m1/s1. The van der Waals surface area contributed by atoms with Crippen molar-refractivity contribution in [3.05, 3.63) is 29.0 Å². The minimum absolute atomic E-state index is 0.237. The van der Waals surface area contributed by atoms with Crippen LogP contribution in [0.2, 0.25) is 5.02 Å². The summed E-state index contributed by atoms with van der Waals surface area (Å²) in [7, 11) is 0. The SMILES string of the molecule is CC(C)N1CCN(c2nccc(Cl)c2N2CCC(C)(c3noc([C@@H]4C[C@@H]4F)n3)CC2OC(=O)C(N)=O)CC1. The summed E-state index contributed by atoms with van der Waals surface area (Å²) in [6.45, 7) is 9.96. The number of nitrogens with two attached hydrogens (primary N) is 1. The lowest BCUT2D eigenvalue weighted by atomic mass is 9.78. The topological polar surface area (TPSA) is 131 Å². The number of piperazine rings is 1. The number of piperidine rings is 1. The van der Waals surface area contributed by atoms with E-state index in [-0.39, 0.29) is 18.2 Å². The van der Waals surface area contributed by atoms with Gasteiger partial charge in [0.15, 0.2) is 17.9 Å². The van der Waals surface area contributed by atoms with Crippen LogP contribution in [-0.2, 0) is 19.7 Å². The van der Waals surface area contributed by atoms with Gasteiger partial charge < -0.3 is 24.8 Å². The number of rotatable bonds is 6. The van der Waals surface area contributed by atoms with Crippen molar-refractivity contribution in [1.82, 2.24) is 20.0 Å². The molecule has 3 aliphatic rings. The summed E-state index contributed by atoms with van der Waals surface area (Å²) in [6, 6.07) is 2.14. The van der Waals surface area contributed by atoms with E-state index in [4.69, 9.17) is 26.6 Å². The third-order valence-electron chi connectivity index (χ3n) is 7.82. The summed E-state index contributed by atoms with van der Waals surface area (Å²) in [5, 5.41) is 4.58. The maximum atomic E-state index is 13.6. The van der Waals surface area contributed by atoms with Crippen LogP contribution in [0.1, 0.15) is 57.7 Å². The molecule has 0 spiro atoms. The van der Waals surface area contributed by atoms with Gasteiger partial charge in [-0.3, -0.25) is 9.69 Å². The normalized spacial score (nSPS) is 28.0. The molecule has 0 radical (unpaired) electrons. The zero-order valence-electron chi connectivity index (χ0n) is 21.8. The number of alkyl halides is 1. The number of hydrogen-bond donors (Lipinski definition) is 1. The van der Waals surface area contributed by atoms with E-state index < -0.39 is 29.7 Å². The predicted octanol–water partition coefficient (Wildman–Crippen LogP) is 2.39. The van der Waals surface area contributed by atoms with Crippen molar-refractivity contribution in [2.45, 2.75) is 69.8 Å². The molecular weight excluding hydrogens is 517 g/mol. The lowest BCUT2D eigenvalue weighted by Crippen LogP contribution is -2.53. The van der Waals surface area contributed by atoms with Gasteiger partial charge >= 0.3 is 11.9 Å². The van der Waals surface area contributed by atoms with Crippen LogP contribution in [0.4, 0.5) is 15.9 Å². The van der Waals surface area contributed by atoms with E-state index in [9.17, 15) is 14.0 Å². The number of anilines is 2. The molecule has 1 saturated carbocycles. The van der Waals surface area contributed by atoms with E-state index in [0.717, 1.165) is 26.2 Å². The number of carbonyl (C=O) groups is 2. The summed E-state index contributed by atoms with van der Waals surface area (Å²) in [4.78, 5) is 39.6. The highest BCUT2D eigenvalue weighted by atomic mass is 35.5. The largest absolute Gasteiger partial charge is 0.434 e. The number of amides is 1. The number of esters is 1. The molecule has 2 aromatic rings. The lowest BCUT2D eigenvalue weighted by Gasteiger charge is -2.45. The molecule has 2 aliphatic heterocycles. The lowest BCUT2D eigenvalue weighted by molar-refractivity contribution is -0.159. The minimum Gasteiger partial charge on any atom is -0.434 e. The maximum absolute atomic E-state index is 13.6. The fourth-order valence-electron chi connectivity index (χ4n) is 5.27. The van der Waals surface area contributed by atoms with Crippen molar-refractivity contribution in [3.63, 3.8) is 0 Å². The smallest absolute Gasteiger partial charge is 0.398 e. The molecule has 5 rings (SSSR count). The van der Waals surface area contributed by atoms with Crippen molar-refractivity contribution in [1.29, 1.82) is 0 Å². The first-order chi connectivity index (χ1) is 18.1. The molecule has 1 aliphatic carbocycles. The van der Waals surface area contributed by atoms with Gasteiger partial charge in [-0.1, -0.05) is 23.7 Å². The number of ether oxygens (including phenoxy) is 1. The van der Waals surface area contributed by atoms with Crippen LogP contribution in [-0.4, -0.2) is 83.1 Å². The van der Waals surface area contributed by atoms with Gasteiger partial charge in [0.05, 0.1) is 10.9 Å². The Morgan fingerprint density at radius 2 is 1.97 bits per heavy atom. The summed E-state index contributed by atoms with van der Waals surface area (Å²) < 4.78 is 24.5. The Bertz CT molecular complexity index is 1200. The Balaban J connectivity index is 1.44. The van der Waals surface area contributed by atoms with E-state index in [1.54, 1.807) is 12.3 Å². The van der Waals surface area contributed by atoms with Crippen LogP contribution in [0, 0.1) is 0 Å². The number of halogens is 2. The van der Waals surface area contributed by atoms with Crippen LogP contribution in [0.15, 0.2) is 16.8 Å². The highest BCUT2D eigenvalue weighted by molar-refractivity contribution is 6.34. The van der Waals surface area contributed by atoms with E-state index in [1.807, 2.05) is 11.8 Å². The van der Waals surface area contributed by atoms with Crippen LogP contribution in [0.25, 0.3) is 0 Å². The Kier molecular flexibility index (Phi) is 7.21. The molecule has 2 N–H and O–H groups in total. The Hall–Kier alpha value is -2.99. The van der Waals surface area contributed by atoms with Gasteiger partial charge in [-0.25, -0.2) is 14.2 Å². The van der Waals surface area contributed by atoms with Crippen molar-refractivity contribution in [3.8, 4) is 0 Å². The van der Waals surface area contributed by atoms with Crippen molar-refractivity contribution in [2.24, 2.45) is 5.73 Å². The second kappa shape index (κ2) is 10.3. The molecule has 0 aromatic carbocycles.